The minimum absolute atomic E-state index is 0.00252. The predicted molar refractivity (Wildman–Crippen MR) is 195 cm³/mol. The van der Waals surface area contributed by atoms with Crippen LogP contribution in [-0.4, -0.2) is 116 Å². The van der Waals surface area contributed by atoms with Crippen LogP contribution in [0.15, 0.2) is 12.7 Å². The number of Topliss-reactive ketones (excluding diaryl/α,β-unsaturated/α-hetero) is 1. The molecule has 0 radical (unpaired) electrons. The number of carbonyl (C=O) groups excluding carboxylic acids is 5. The molecule has 0 spiro atoms. The Morgan fingerprint density at radius 3 is 2.22 bits per heavy atom. The molecule has 286 valence electrons. The first-order chi connectivity index (χ1) is 23.7. The van der Waals surface area contributed by atoms with Gasteiger partial charge in [-0.25, -0.2) is 4.79 Å². The monoisotopic (exact) mass is 733 g/mol. The highest BCUT2D eigenvalue weighted by Crippen LogP contribution is 2.65. The van der Waals surface area contributed by atoms with E-state index in [2.05, 4.69) is 33.8 Å². The molecule has 0 aromatic carbocycles. The number of likely N-dealkylation sites (tertiary alicyclic amines) is 1. The largest absolute Gasteiger partial charge is 0.346 e. The highest BCUT2D eigenvalue weighted by molar-refractivity contribution is 7.86. The van der Waals surface area contributed by atoms with E-state index in [9.17, 15) is 32.4 Å². The van der Waals surface area contributed by atoms with Gasteiger partial charge in [-0.15, -0.1) is 18.9 Å². The SMILES string of the molecule is C#CCCC(NC(=O)[C@@H]1[C@@H]2[C@H](CN1C(=O)[C@@H](NC(=O)N[C@H](CN(C)S(=O)(=O)N(C)C)C(C)(C)C)C1CCCCC1)C2(C)C)C(=O)C(=O)NCC=C. The van der Waals surface area contributed by atoms with Crippen molar-refractivity contribution < 1.29 is 32.4 Å². The molecule has 5 amide bonds. The number of carbonyl (C=O) groups is 5. The van der Waals surface area contributed by atoms with Crippen LogP contribution >= 0.6 is 0 Å². The maximum absolute atomic E-state index is 14.6. The fraction of sp³-hybridized carbons (Fsp3) is 0.750. The minimum atomic E-state index is -3.75. The standard InChI is InChI=1S/C36H59N7O7S/c1-11-13-19-25(30(44)32(46)37-20-12-2)38-31(45)29-27-24(36(27,6)7)21-43(29)33(47)28(23-17-15-14-16-18-23)40-34(48)39-26(35(3,4)5)22-42(10)51(49,50)41(8)9/h1,12,23-29H,2,13-22H2,3-10H3,(H,37,46)(H,38,45)(H2,39,40,48)/t24-,25?,26+,27-,28-,29-/m0/s1. The highest BCUT2D eigenvalue weighted by atomic mass is 32.2. The molecule has 1 saturated heterocycles. The van der Waals surface area contributed by atoms with Gasteiger partial charge in [0.05, 0.1) is 6.04 Å². The Balaban J connectivity index is 1.88. The van der Waals surface area contributed by atoms with Gasteiger partial charge in [0.1, 0.15) is 12.1 Å². The van der Waals surface area contributed by atoms with E-state index < -0.39 is 63.4 Å². The first kappa shape index (κ1) is 41.9. The third-order valence-corrected chi connectivity index (χ3v) is 12.8. The summed E-state index contributed by atoms with van der Waals surface area (Å²) in [6.45, 7) is 13.7. The van der Waals surface area contributed by atoms with Crippen LogP contribution in [0, 0.1) is 40.9 Å². The van der Waals surface area contributed by atoms with Crippen molar-refractivity contribution in [3.63, 3.8) is 0 Å². The van der Waals surface area contributed by atoms with Gasteiger partial charge in [-0.05, 0) is 47.8 Å². The molecular weight excluding hydrogens is 675 g/mol. The third-order valence-electron chi connectivity index (χ3n) is 10.9. The van der Waals surface area contributed by atoms with Gasteiger partial charge in [-0.2, -0.15) is 17.0 Å². The number of likely N-dealkylation sites (N-methyl/N-ethyl adjacent to an activating group) is 1. The van der Waals surface area contributed by atoms with Crippen LogP contribution in [-0.2, 0) is 29.4 Å². The number of hydrogen-bond donors (Lipinski definition) is 4. The average molecular weight is 734 g/mol. The highest BCUT2D eigenvalue weighted by Gasteiger charge is 2.69. The molecule has 1 heterocycles. The lowest BCUT2D eigenvalue weighted by Crippen LogP contribution is -2.62. The summed E-state index contributed by atoms with van der Waals surface area (Å²) in [4.78, 5) is 69.6. The Morgan fingerprint density at radius 1 is 1.04 bits per heavy atom. The molecule has 3 aliphatic rings. The lowest BCUT2D eigenvalue weighted by molar-refractivity contribution is -0.144. The Bertz CT molecular complexity index is 1480. The molecule has 3 fully saturated rings. The third kappa shape index (κ3) is 9.90. The molecule has 6 atom stereocenters. The molecule has 15 heteroatoms. The number of nitrogens with one attached hydrogen (secondary N) is 4. The van der Waals surface area contributed by atoms with Crippen molar-refractivity contribution in [2.24, 2.45) is 28.6 Å². The molecule has 4 N–H and O–H groups in total. The quantitative estimate of drug-likeness (QED) is 0.106. The number of hydrogen-bond acceptors (Lipinski definition) is 7. The Morgan fingerprint density at radius 2 is 1.67 bits per heavy atom. The maximum atomic E-state index is 14.6. The van der Waals surface area contributed by atoms with Gasteiger partial charge in [0.2, 0.25) is 17.6 Å². The van der Waals surface area contributed by atoms with Crippen molar-refractivity contribution in [1.82, 2.24) is 34.8 Å². The lowest BCUT2D eigenvalue weighted by Gasteiger charge is -2.38. The number of terminal acetylenes is 1. The molecule has 0 bridgehead atoms. The van der Waals surface area contributed by atoms with Gasteiger partial charge >= 0.3 is 6.03 Å². The zero-order valence-electron chi connectivity index (χ0n) is 31.6. The Labute approximate surface area is 304 Å². The molecular formula is C36H59N7O7S. The van der Waals surface area contributed by atoms with Crippen LogP contribution in [0.1, 0.15) is 79.6 Å². The summed E-state index contributed by atoms with van der Waals surface area (Å²) in [6.07, 6.45) is 11.3. The molecule has 0 aromatic heterocycles. The normalized spacial score (nSPS) is 23.3. The molecule has 1 unspecified atom stereocenters. The van der Waals surface area contributed by atoms with Crippen molar-refractivity contribution in [1.29, 1.82) is 0 Å². The average Bonchev–Trinajstić information content (AvgIpc) is 3.37. The molecule has 0 aromatic rings. The van der Waals surface area contributed by atoms with Crippen LogP contribution in [0.4, 0.5) is 4.79 Å². The number of piperidine rings is 1. The van der Waals surface area contributed by atoms with Crippen LogP contribution in [0.3, 0.4) is 0 Å². The lowest BCUT2D eigenvalue weighted by atomic mass is 9.83. The van der Waals surface area contributed by atoms with E-state index in [0.29, 0.717) is 6.54 Å². The second kappa shape index (κ2) is 16.9. The zero-order valence-corrected chi connectivity index (χ0v) is 32.4. The van der Waals surface area contributed by atoms with Gasteiger partial charge in [0, 0.05) is 53.2 Å². The molecule has 2 aliphatic carbocycles. The van der Waals surface area contributed by atoms with Crippen LogP contribution in [0.2, 0.25) is 0 Å². The van der Waals surface area contributed by atoms with Crippen LogP contribution < -0.4 is 21.3 Å². The van der Waals surface area contributed by atoms with Gasteiger partial charge in [-0.1, -0.05) is 60.0 Å². The summed E-state index contributed by atoms with van der Waals surface area (Å²) in [5.74, 6) is -0.490. The van der Waals surface area contributed by atoms with Gasteiger partial charge < -0.3 is 26.2 Å². The second-order valence-corrected chi connectivity index (χ2v) is 18.3. The van der Waals surface area contributed by atoms with Crippen LogP contribution in [0.25, 0.3) is 0 Å². The van der Waals surface area contributed by atoms with Crippen molar-refractivity contribution >= 4 is 39.7 Å². The van der Waals surface area contributed by atoms with Crippen molar-refractivity contribution in [3.05, 3.63) is 12.7 Å². The number of ketones is 1. The molecule has 1 aliphatic heterocycles. The molecule has 51 heavy (non-hydrogen) atoms. The Hall–Kier alpha value is -3.48. The van der Waals surface area contributed by atoms with E-state index in [1.807, 2.05) is 34.6 Å². The number of rotatable bonds is 16. The van der Waals surface area contributed by atoms with Gasteiger partial charge in [-0.3, -0.25) is 19.2 Å². The summed E-state index contributed by atoms with van der Waals surface area (Å²) < 4.78 is 27.8. The van der Waals surface area contributed by atoms with Crippen LogP contribution in [0.5, 0.6) is 0 Å². The predicted octanol–water partition coefficient (Wildman–Crippen LogP) is 1.64. The van der Waals surface area contributed by atoms with E-state index >= 15 is 0 Å². The molecule has 3 rings (SSSR count). The Kier molecular flexibility index (Phi) is 13.9. The van der Waals surface area contributed by atoms with E-state index in [-0.39, 0.29) is 55.0 Å². The summed E-state index contributed by atoms with van der Waals surface area (Å²) >= 11 is 0. The number of urea groups is 1. The summed E-state index contributed by atoms with van der Waals surface area (Å²) in [5.41, 5.74) is -0.777. The van der Waals surface area contributed by atoms with E-state index in [1.165, 1.54) is 36.4 Å². The molecule has 14 nitrogen and oxygen atoms in total. The smallest absolute Gasteiger partial charge is 0.315 e. The first-order valence-corrected chi connectivity index (χ1v) is 19.3. The van der Waals surface area contributed by atoms with E-state index in [4.69, 9.17) is 6.42 Å². The summed E-state index contributed by atoms with van der Waals surface area (Å²) in [6, 6.07) is -4.25. The number of amides is 5. The number of nitrogens with zero attached hydrogens (tertiary/aromatic N) is 3. The van der Waals surface area contributed by atoms with E-state index in [0.717, 1.165) is 36.4 Å². The summed E-state index contributed by atoms with van der Waals surface area (Å²) in [7, 11) is 0.576. The fourth-order valence-corrected chi connectivity index (χ4v) is 8.41. The van der Waals surface area contributed by atoms with E-state index in [1.54, 1.807) is 0 Å². The maximum Gasteiger partial charge on any atom is 0.315 e. The van der Waals surface area contributed by atoms with Gasteiger partial charge in [0.25, 0.3) is 16.1 Å². The molecule has 2 saturated carbocycles. The zero-order chi connectivity index (χ0) is 38.5. The summed E-state index contributed by atoms with van der Waals surface area (Å²) in [5, 5.41) is 11.1. The first-order valence-electron chi connectivity index (χ1n) is 17.9. The topological polar surface area (TPSA) is 177 Å². The van der Waals surface area contributed by atoms with Crippen molar-refractivity contribution in [2.45, 2.75) is 104 Å². The number of fused-ring (bicyclic) bond motifs is 1. The fourth-order valence-electron chi connectivity index (χ4n) is 7.51. The second-order valence-electron chi connectivity index (χ2n) is 16.0. The van der Waals surface area contributed by atoms with Crippen molar-refractivity contribution in [3.8, 4) is 12.3 Å². The van der Waals surface area contributed by atoms with Gasteiger partial charge in [0.15, 0.2) is 0 Å². The van der Waals surface area contributed by atoms with Crippen molar-refractivity contribution in [2.75, 3.05) is 40.8 Å². The minimum Gasteiger partial charge on any atom is -0.346 e.